The van der Waals surface area contributed by atoms with Gasteiger partial charge in [0.25, 0.3) is 5.91 Å². The Morgan fingerprint density at radius 3 is 2.54 bits per heavy atom. The van der Waals surface area contributed by atoms with Crippen molar-refractivity contribution in [3.63, 3.8) is 0 Å². The molecule has 0 saturated heterocycles. The van der Waals surface area contributed by atoms with Crippen molar-refractivity contribution < 1.29 is 18.7 Å². The minimum absolute atomic E-state index is 0.105. The molecular weight excluding hydrogens is 358 g/mol. The van der Waals surface area contributed by atoms with Gasteiger partial charge in [-0.2, -0.15) is 0 Å². The maximum absolute atomic E-state index is 12.0. The summed E-state index contributed by atoms with van der Waals surface area (Å²) >= 11 is 0. The number of amides is 1. The van der Waals surface area contributed by atoms with Crippen molar-refractivity contribution in [3.05, 3.63) is 70.1 Å². The number of nitrogens with one attached hydrogen (secondary N) is 1. The Morgan fingerprint density at radius 2 is 1.82 bits per heavy atom. The van der Waals surface area contributed by atoms with Gasteiger partial charge in [0.1, 0.15) is 17.1 Å². The number of hydrogen-bond acceptors (Lipinski definition) is 5. The molecule has 3 aromatic rings. The van der Waals surface area contributed by atoms with Gasteiger partial charge in [0.15, 0.2) is 6.61 Å². The normalized spacial score (nSPS) is 10.6. The van der Waals surface area contributed by atoms with Crippen LogP contribution in [0, 0.1) is 0 Å². The second-order valence-electron chi connectivity index (χ2n) is 6.34. The van der Waals surface area contributed by atoms with Gasteiger partial charge in [0.05, 0.1) is 7.11 Å². The molecule has 0 bridgehead atoms. The molecule has 0 fully saturated rings. The second-order valence-corrected chi connectivity index (χ2v) is 6.34. The fourth-order valence-corrected chi connectivity index (χ4v) is 2.93. The van der Waals surface area contributed by atoms with Crippen LogP contribution >= 0.6 is 0 Å². The number of hydrogen-bond donors (Lipinski definition) is 1. The lowest BCUT2D eigenvalue weighted by atomic mass is 10.1. The van der Waals surface area contributed by atoms with Gasteiger partial charge in [-0.15, -0.1) is 0 Å². The van der Waals surface area contributed by atoms with Crippen molar-refractivity contribution in [1.29, 1.82) is 0 Å². The van der Waals surface area contributed by atoms with Crippen LogP contribution in [0.5, 0.6) is 11.5 Å². The van der Waals surface area contributed by atoms with Crippen molar-refractivity contribution >= 4 is 16.9 Å². The van der Waals surface area contributed by atoms with Crippen LogP contribution in [0.2, 0.25) is 0 Å². The van der Waals surface area contributed by atoms with Gasteiger partial charge < -0.3 is 19.2 Å². The van der Waals surface area contributed by atoms with E-state index in [9.17, 15) is 9.59 Å². The lowest BCUT2D eigenvalue weighted by Gasteiger charge is -2.09. The third kappa shape index (κ3) is 4.91. The molecule has 6 heteroatoms. The van der Waals surface area contributed by atoms with E-state index in [0.29, 0.717) is 17.9 Å². The van der Waals surface area contributed by atoms with E-state index in [-0.39, 0.29) is 12.5 Å². The van der Waals surface area contributed by atoms with E-state index in [1.165, 1.54) is 6.07 Å². The molecule has 0 radical (unpaired) electrons. The van der Waals surface area contributed by atoms with Crippen molar-refractivity contribution in [2.45, 2.75) is 19.8 Å². The first-order chi connectivity index (χ1) is 13.6. The average molecular weight is 381 g/mol. The van der Waals surface area contributed by atoms with E-state index in [1.54, 1.807) is 19.2 Å². The summed E-state index contributed by atoms with van der Waals surface area (Å²) in [7, 11) is 1.63. The Bertz CT molecular complexity index is 1010. The van der Waals surface area contributed by atoms with Crippen molar-refractivity contribution in [2.24, 2.45) is 0 Å². The van der Waals surface area contributed by atoms with Crippen LogP contribution in [0.25, 0.3) is 11.0 Å². The van der Waals surface area contributed by atoms with Gasteiger partial charge in [0, 0.05) is 24.1 Å². The molecule has 0 spiro atoms. The number of ether oxygens (including phenoxy) is 2. The van der Waals surface area contributed by atoms with Gasteiger partial charge in [-0.1, -0.05) is 19.1 Å². The molecule has 2 aromatic carbocycles. The van der Waals surface area contributed by atoms with Crippen LogP contribution < -0.4 is 20.4 Å². The van der Waals surface area contributed by atoms with Gasteiger partial charge in [-0.25, -0.2) is 4.79 Å². The molecule has 0 aliphatic rings. The summed E-state index contributed by atoms with van der Waals surface area (Å²) < 4.78 is 15.9. The molecule has 146 valence electrons. The van der Waals surface area contributed by atoms with Crippen LogP contribution in [-0.2, 0) is 17.6 Å². The first-order valence-electron chi connectivity index (χ1n) is 9.18. The summed E-state index contributed by atoms with van der Waals surface area (Å²) in [4.78, 5) is 23.6. The minimum atomic E-state index is -0.391. The Morgan fingerprint density at radius 1 is 1.07 bits per heavy atom. The Hall–Kier alpha value is -3.28. The highest BCUT2D eigenvalue weighted by Crippen LogP contribution is 2.23. The molecule has 0 unspecified atom stereocenters. The molecule has 6 nitrogen and oxygen atoms in total. The Labute approximate surface area is 163 Å². The van der Waals surface area contributed by atoms with Gasteiger partial charge >= 0.3 is 5.63 Å². The average Bonchev–Trinajstić information content (AvgIpc) is 2.71. The van der Waals surface area contributed by atoms with Crippen LogP contribution in [0.15, 0.2) is 57.7 Å². The first-order valence-corrected chi connectivity index (χ1v) is 9.18. The SMILES string of the molecule is CCc1cc(=O)oc2cc(OCC(=O)NCCc3ccc(OC)cc3)ccc12. The zero-order valence-electron chi connectivity index (χ0n) is 16.0. The van der Waals surface area contributed by atoms with Crippen molar-refractivity contribution in [1.82, 2.24) is 5.32 Å². The zero-order valence-corrected chi connectivity index (χ0v) is 16.0. The number of carbonyl (C=O) groups is 1. The highest BCUT2D eigenvalue weighted by Gasteiger charge is 2.08. The molecule has 1 heterocycles. The highest BCUT2D eigenvalue weighted by molar-refractivity contribution is 5.82. The monoisotopic (exact) mass is 381 g/mol. The fraction of sp³-hybridized carbons (Fsp3) is 0.273. The largest absolute Gasteiger partial charge is 0.497 e. The third-order valence-electron chi connectivity index (χ3n) is 4.45. The second kappa shape index (κ2) is 9.08. The smallest absolute Gasteiger partial charge is 0.336 e. The number of benzene rings is 2. The zero-order chi connectivity index (χ0) is 19.9. The van der Waals surface area contributed by atoms with Crippen LogP contribution in [-0.4, -0.2) is 26.2 Å². The number of rotatable bonds is 8. The van der Waals surface area contributed by atoms with E-state index in [0.717, 1.165) is 35.1 Å². The maximum Gasteiger partial charge on any atom is 0.336 e. The van der Waals surface area contributed by atoms with Gasteiger partial charge in [-0.3, -0.25) is 4.79 Å². The molecule has 1 aromatic heterocycles. The summed E-state index contributed by atoms with van der Waals surface area (Å²) in [6.45, 7) is 2.39. The molecule has 0 aliphatic carbocycles. The van der Waals surface area contributed by atoms with Crippen LogP contribution in [0.3, 0.4) is 0 Å². The first kappa shape index (κ1) is 19.5. The van der Waals surface area contributed by atoms with Crippen molar-refractivity contribution in [3.8, 4) is 11.5 Å². The molecular formula is C22H23NO5. The molecule has 0 atom stereocenters. The van der Waals surface area contributed by atoms with Crippen LogP contribution in [0.4, 0.5) is 0 Å². The summed E-state index contributed by atoms with van der Waals surface area (Å²) in [6.07, 6.45) is 1.45. The van der Waals surface area contributed by atoms with Gasteiger partial charge in [0.2, 0.25) is 0 Å². The van der Waals surface area contributed by atoms with Crippen molar-refractivity contribution in [2.75, 3.05) is 20.3 Å². The predicted octanol–water partition coefficient (Wildman–Crippen LogP) is 3.10. The van der Waals surface area contributed by atoms with Crippen LogP contribution in [0.1, 0.15) is 18.1 Å². The fourth-order valence-electron chi connectivity index (χ4n) is 2.93. The molecule has 0 saturated carbocycles. The molecule has 1 N–H and O–H groups in total. The molecule has 28 heavy (non-hydrogen) atoms. The number of carbonyl (C=O) groups excluding carboxylic acids is 1. The Kier molecular flexibility index (Phi) is 6.32. The number of methoxy groups -OCH3 is 1. The van der Waals surface area contributed by atoms with E-state index in [2.05, 4.69) is 5.32 Å². The maximum atomic E-state index is 12.0. The molecule has 3 rings (SSSR count). The summed E-state index contributed by atoms with van der Waals surface area (Å²) in [5, 5.41) is 3.70. The summed E-state index contributed by atoms with van der Waals surface area (Å²) in [6, 6.07) is 14.5. The summed E-state index contributed by atoms with van der Waals surface area (Å²) in [5.41, 5.74) is 2.10. The Balaban J connectivity index is 1.51. The third-order valence-corrected chi connectivity index (χ3v) is 4.45. The topological polar surface area (TPSA) is 77.8 Å². The minimum Gasteiger partial charge on any atom is -0.497 e. The molecule has 1 amide bonds. The lowest BCUT2D eigenvalue weighted by Crippen LogP contribution is -2.30. The van der Waals surface area contributed by atoms with E-state index in [4.69, 9.17) is 13.9 Å². The number of fused-ring (bicyclic) bond motifs is 1. The van der Waals surface area contributed by atoms with E-state index in [1.807, 2.05) is 37.3 Å². The standard InChI is InChI=1S/C22H23NO5/c1-3-16-12-22(25)28-20-13-18(8-9-19(16)20)27-14-21(24)23-11-10-15-4-6-17(26-2)7-5-15/h4-9,12-13H,3,10-11,14H2,1-2H3,(H,23,24). The predicted molar refractivity (Wildman–Crippen MR) is 107 cm³/mol. The number of aryl methyl sites for hydroxylation is 1. The lowest BCUT2D eigenvalue weighted by molar-refractivity contribution is -0.123. The van der Waals surface area contributed by atoms with Gasteiger partial charge in [-0.05, 0) is 48.2 Å². The highest BCUT2D eigenvalue weighted by atomic mass is 16.5. The quantitative estimate of drug-likeness (QED) is 0.607. The van der Waals surface area contributed by atoms with E-state index >= 15 is 0 Å². The van der Waals surface area contributed by atoms with E-state index < -0.39 is 5.63 Å². The summed E-state index contributed by atoms with van der Waals surface area (Å²) in [5.74, 6) is 1.07. The molecule has 0 aliphatic heterocycles.